The van der Waals surface area contributed by atoms with E-state index in [0.29, 0.717) is 17.7 Å². The Labute approximate surface area is 117 Å². The zero-order valence-corrected chi connectivity index (χ0v) is 12.9. The Bertz CT molecular complexity index is 499. The summed E-state index contributed by atoms with van der Waals surface area (Å²) in [6, 6.07) is 10.7. The van der Waals surface area contributed by atoms with Gasteiger partial charge in [-0.3, -0.25) is 4.79 Å². The minimum Gasteiger partial charge on any atom is -0.295 e. The van der Waals surface area contributed by atoms with Crippen LogP contribution in [-0.2, 0) is 4.79 Å². The van der Waals surface area contributed by atoms with E-state index in [1.54, 1.807) is 0 Å². The Kier molecular flexibility index (Phi) is 4.20. The van der Waals surface area contributed by atoms with E-state index < -0.39 is 8.07 Å². The van der Waals surface area contributed by atoms with Crippen LogP contribution in [0.5, 0.6) is 0 Å². The van der Waals surface area contributed by atoms with Crippen LogP contribution in [0.25, 0.3) is 0 Å². The lowest BCUT2D eigenvalue weighted by Gasteiger charge is -2.34. The van der Waals surface area contributed by atoms with Crippen LogP contribution in [0.2, 0.25) is 18.6 Å². The minimum atomic E-state index is -1.56. The molecule has 19 heavy (non-hydrogen) atoms. The molecule has 0 N–H and O–H groups in total. The number of carbonyl (C=O) groups excluding carboxylic acids is 1. The summed E-state index contributed by atoms with van der Waals surface area (Å²) in [5, 5.41) is 1.45. The molecule has 0 saturated carbocycles. The summed E-state index contributed by atoms with van der Waals surface area (Å²) in [7, 11) is -1.56. The summed E-state index contributed by atoms with van der Waals surface area (Å²) in [6.07, 6.45) is 6.45. The molecule has 0 aliphatic heterocycles. The van der Waals surface area contributed by atoms with Crippen molar-refractivity contribution in [3.8, 4) is 0 Å². The van der Waals surface area contributed by atoms with Crippen molar-refractivity contribution in [2.75, 3.05) is 0 Å². The molecule has 0 bridgehead atoms. The van der Waals surface area contributed by atoms with E-state index in [1.165, 1.54) is 5.19 Å². The number of ketones is 1. The molecule has 1 aliphatic carbocycles. The van der Waals surface area contributed by atoms with Crippen LogP contribution in [0.15, 0.2) is 54.6 Å². The molecule has 0 aromatic heterocycles. The smallest absolute Gasteiger partial charge is 0.158 e. The van der Waals surface area contributed by atoms with E-state index in [0.717, 1.165) is 18.4 Å². The van der Waals surface area contributed by atoms with Crippen LogP contribution >= 0.6 is 0 Å². The molecule has 1 nitrogen and oxygen atoms in total. The van der Waals surface area contributed by atoms with E-state index in [9.17, 15) is 4.79 Å². The van der Waals surface area contributed by atoms with Gasteiger partial charge in [-0.1, -0.05) is 60.8 Å². The van der Waals surface area contributed by atoms with Gasteiger partial charge >= 0.3 is 0 Å². The van der Waals surface area contributed by atoms with Gasteiger partial charge in [0, 0.05) is 6.42 Å². The Morgan fingerprint density at radius 2 is 2.00 bits per heavy atom. The largest absolute Gasteiger partial charge is 0.295 e. The lowest BCUT2D eigenvalue weighted by Crippen LogP contribution is -2.47. The monoisotopic (exact) mass is 270 g/mol. The van der Waals surface area contributed by atoms with Gasteiger partial charge in [0.15, 0.2) is 5.78 Å². The number of benzene rings is 1. The van der Waals surface area contributed by atoms with Crippen molar-refractivity contribution in [2.45, 2.75) is 37.9 Å². The lowest BCUT2D eigenvalue weighted by molar-refractivity contribution is -0.116. The highest BCUT2D eigenvalue weighted by Crippen LogP contribution is 2.35. The summed E-state index contributed by atoms with van der Waals surface area (Å²) in [4.78, 5) is 12.2. The standard InChI is InChI=1S/C17H22OSi/c1-4-8-14-11-12-16(13-17(14)18)19(2,3)15-9-6-5-7-10-15/h4-7,9-11,16H,1,8,12-13H2,2-3H3/t16-/m1/s1. The number of Topliss-reactive ketones (excluding diaryl/α,β-unsaturated/α-hetero) is 1. The molecule has 1 atom stereocenters. The number of carbonyl (C=O) groups is 1. The van der Waals surface area contributed by atoms with Crippen molar-refractivity contribution in [3.63, 3.8) is 0 Å². The molecule has 0 fully saturated rings. The fraction of sp³-hybridized carbons (Fsp3) is 0.353. The summed E-state index contributed by atoms with van der Waals surface area (Å²) in [5.74, 6) is 0.327. The van der Waals surface area contributed by atoms with E-state index in [4.69, 9.17) is 0 Å². The topological polar surface area (TPSA) is 17.1 Å². The van der Waals surface area contributed by atoms with Crippen molar-refractivity contribution < 1.29 is 4.79 Å². The average Bonchev–Trinajstić information content (AvgIpc) is 2.42. The second kappa shape index (κ2) is 5.70. The Balaban J connectivity index is 2.20. The van der Waals surface area contributed by atoms with E-state index in [2.05, 4.69) is 56.1 Å². The van der Waals surface area contributed by atoms with Crippen LogP contribution in [-0.4, -0.2) is 13.9 Å². The van der Waals surface area contributed by atoms with E-state index in [-0.39, 0.29) is 0 Å². The molecule has 1 aromatic rings. The Hall–Kier alpha value is -1.41. The molecule has 0 spiro atoms. The Morgan fingerprint density at radius 3 is 2.58 bits per heavy atom. The van der Waals surface area contributed by atoms with Gasteiger partial charge < -0.3 is 0 Å². The molecule has 0 radical (unpaired) electrons. The predicted octanol–water partition coefficient (Wildman–Crippen LogP) is 3.84. The molecule has 0 amide bonds. The molecule has 2 rings (SSSR count). The van der Waals surface area contributed by atoms with Crippen LogP contribution in [0.1, 0.15) is 19.3 Å². The van der Waals surface area contributed by atoms with Crippen molar-refractivity contribution in [1.29, 1.82) is 0 Å². The van der Waals surface area contributed by atoms with Gasteiger partial charge in [0.25, 0.3) is 0 Å². The zero-order valence-electron chi connectivity index (χ0n) is 11.9. The second-order valence-electron chi connectivity index (χ2n) is 5.87. The van der Waals surface area contributed by atoms with Gasteiger partial charge in [0.2, 0.25) is 0 Å². The van der Waals surface area contributed by atoms with E-state index >= 15 is 0 Å². The first kappa shape index (κ1) is 14.0. The normalized spacial score (nSPS) is 20.0. The maximum absolute atomic E-state index is 12.2. The summed E-state index contributed by atoms with van der Waals surface area (Å²) in [6.45, 7) is 8.48. The van der Waals surface area contributed by atoms with Gasteiger partial charge in [0.05, 0.1) is 8.07 Å². The molecule has 100 valence electrons. The Morgan fingerprint density at radius 1 is 1.32 bits per heavy atom. The third-order valence-corrected chi connectivity index (χ3v) is 8.64. The molecule has 1 aliphatic rings. The van der Waals surface area contributed by atoms with Crippen LogP contribution < -0.4 is 5.19 Å². The first-order chi connectivity index (χ1) is 9.05. The molecule has 0 heterocycles. The van der Waals surface area contributed by atoms with Crippen LogP contribution in [0.4, 0.5) is 0 Å². The molecule has 0 unspecified atom stereocenters. The van der Waals surface area contributed by atoms with Crippen molar-refractivity contribution in [2.24, 2.45) is 0 Å². The van der Waals surface area contributed by atoms with E-state index in [1.807, 2.05) is 6.08 Å². The van der Waals surface area contributed by atoms with Crippen LogP contribution in [0, 0.1) is 0 Å². The van der Waals surface area contributed by atoms with Crippen molar-refractivity contribution in [1.82, 2.24) is 0 Å². The number of hydrogen-bond donors (Lipinski definition) is 0. The summed E-state index contributed by atoms with van der Waals surface area (Å²) >= 11 is 0. The van der Waals surface area contributed by atoms with Crippen molar-refractivity contribution in [3.05, 3.63) is 54.6 Å². The third-order valence-electron chi connectivity index (χ3n) is 4.34. The number of rotatable bonds is 4. The minimum absolute atomic E-state index is 0.327. The molecular formula is C17H22OSi. The zero-order chi connectivity index (χ0) is 13.9. The molecule has 2 heteroatoms. The van der Waals surface area contributed by atoms with Crippen molar-refractivity contribution >= 4 is 19.0 Å². The maximum atomic E-state index is 12.2. The van der Waals surface area contributed by atoms with Gasteiger partial charge in [0.1, 0.15) is 0 Å². The fourth-order valence-corrected chi connectivity index (χ4v) is 5.77. The van der Waals surface area contributed by atoms with Gasteiger partial charge in [-0.2, -0.15) is 0 Å². The SMILES string of the molecule is C=CCC1=CC[C@@H]([Si](C)(C)c2ccccc2)CC1=O. The quantitative estimate of drug-likeness (QED) is 0.600. The summed E-state index contributed by atoms with van der Waals surface area (Å²) in [5.41, 5.74) is 1.49. The van der Waals surface area contributed by atoms with Crippen LogP contribution in [0.3, 0.4) is 0 Å². The summed E-state index contributed by atoms with van der Waals surface area (Å²) < 4.78 is 0. The fourth-order valence-electron chi connectivity index (χ4n) is 2.84. The average molecular weight is 270 g/mol. The predicted molar refractivity (Wildman–Crippen MR) is 84.4 cm³/mol. The maximum Gasteiger partial charge on any atom is 0.158 e. The first-order valence-electron chi connectivity index (χ1n) is 6.94. The second-order valence-corrected chi connectivity index (χ2v) is 10.7. The first-order valence-corrected chi connectivity index (χ1v) is 10.0. The lowest BCUT2D eigenvalue weighted by atomic mass is 9.95. The third kappa shape index (κ3) is 2.95. The molecule has 1 aromatic carbocycles. The highest BCUT2D eigenvalue weighted by Gasteiger charge is 2.36. The molecule has 0 saturated heterocycles. The number of allylic oxidation sites excluding steroid dienone is 3. The molecular weight excluding hydrogens is 248 g/mol. The highest BCUT2D eigenvalue weighted by atomic mass is 28.3. The number of hydrogen-bond acceptors (Lipinski definition) is 1. The van der Waals surface area contributed by atoms with Gasteiger partial charge in [-0.25, -0.2) is 0 Å². The highest BCUT2D eigenvalue weighted by molar-refractivity contribution is 6.91. The van der Waals surface area contributed by atoms with Gasteiger partial charge in [-0.05, 0) is 24.0 Å². The van der Waals surface area contributed by atoms with Gasteiger partial charge in [-0.15, -0.1) is 6.58 Å².